The first-order chi connectivity index (χ1) is 12.6. The summed E-state index contributed by atoms with van der Waals surface area (Å²) >= 11 is 0. The fraction of sp³-hybridized carbons (Fsp3) is 0.714. The Hall–Kier alpha value is -1.34. The van der Waals surface area contributed by atoms with Gasteiger partial charge in [0, 0.05) is 23.2 Å². The Morgan fingerprint density at radius 1 is 1.30 bits per heavy atom. The molecule has 27 heavy (non-hydrogen) atoms. The number of ketones is 2. The van der Waals surface area contributed by atoms with E-state index in [9.17, 15) is 30.0 Å². The van der Waals surface area contributed by atoms with Gasteiger partial charge in [-0.3, -0.25) is 9.59 Å². The lowest BCUT2D eigenvalue weighted by Gasteiger charge is -2.58. The third-order valence-electron chi connectivity index (χ3n) is 8.24. The van der Waals surface area contributed by atoms with Gasteiger partial charge in [0.15, 0.2) is 17.2 Å². The molecule has 4 rings (SSSR count). The molecule has 6 heteroatoms. The monoisotopic (exact) mass is 376 g/mol. The normalized spacial score (nSPS) is 51.3. The number of aliphatic hydroxyl groups is 4. The van der Waals surface area contributed by atoms with Gasteiger partial charge in [-0.15, -0.1) is 0 Å². The average Bonchev–Trinajstić information content (AvgIpc) is 2.82. The lowest BCUT2D eigenvalue weighted by Crippen LogP contribution is -2.63. The topological polar surface area (TPSA) is 115 Å². The van der Waals surface area contributed by atoms with Crippen molar-refractivity contribution < 1.29 is 30.0 Å². The molecule has 2 saturated carbocycles. The summed E-state index contributed by atoms with van der Waals surface area (Å²) in [7, 11) is 0. The Kier molecular flexibility index (Phi) is 4.10. The van der Waals surface area contributed by atoms with Crippen molar-refractivity contribution in [3.63, 3.8) is 0 Å². The van der Waals surface area contributed by atoms with Crippen LogP contribution in [0.4, 0.5) is 0 Å². The summed E-state index contributed by atoms with van der Waals surface area (Å²) in [6.45, 7) is 2.95. The Bertz CT molecular complexity index is 756. The van der Waals surface area contributed by atoms with Gasteiger partial charge < -0.3 is 20.4 Å². The molecule has 2 fully saturated rings. The number of rotatable bonds is 2. The number of carbonyl (C=O) groups excluding carboxylic acids is 2. The molecule has 8 atom stereocenters. The Labute approximate surface area is 158 Å². The molecular weight excluding hydrogens is 348 g/mol. The van der Waals surface area contributed by atoms with Crippen molar-refractivity contribution in [2.75, 3.05) is 6.61 Å². The van der Waals surface area contributed by atoms with E-state index in [2.05, 4.69) is 6.08 Å². The highest BCUT2D eigenvalue weighted by molar-refractivity contribution is 5.93. The van der Waals surface area contributed by atoms with Crippen molar-refractivity contribution in [2.45, 2.75) is 57.3 Å². The molecule has 4 aliphatic rings. The first kappa shape index (κ1) is 19.0. The molecule has 0 radical (unpaired) electrons. The van der Waals surface area contributed by atoms with Crippen molar-refractivity contribution >= 4 is 11.6 Å². The largest absolute Gasteiger partial charge is 0.393 e. The van der Waals surface area contributed by atoms with Gasteiger partial charge in [0.25, 0.3) is 0 Å². The zero-order valence-corrected chi connectivity index (χ0v) is 15.8. The van der Waals surface area contributed by atoms with Crippen LogP contribution < -0.4 is 0 Å². The summed E-state index contributed by atoms with van der Waals surface area (Å²) in [5.74, 6) is -1.06. The molecule has 0 aromatic rings. The van der Waals surface area contributed by atoms with Crippen molar-refractivity contribution in [1.82, 2.24) is 0 Å². The minimum absolute atomic E-state index is 0.0273. The van der Waals surface area contributed by atoms with Gasteiger partial charge in [-0.1, -0.05) is 31.6 Å². The predicted molar refractivity (Wildman–Crippen MR) is 96.4 cm³/mol. The molecule has 0 saturated heterocycles. The molecule has 0 spiro atoms. The smallest absolute Gasteiger partial charge is 0.192 e. The lowest BCUT2D eigenvalue weighted by molar-refractivity contribution is -0.188. The molecule has 0 aromatic carbocycles. The zero-order chi connectivity index (χ0) is 19.8. The van der Waals surface area contributed by atoms with Crippen LogP contribution in [0.15, 0.2) is 23.8 Å². The minimum atomic E-state index is -2.05. The van der Waals surface area contributed by atoms with Gasteiger partial charge >= 0.3 is 0 Å². The molecule has 6 nitrogen and oxygen atoms in total. The van der Waals surface area contributed by atoms with Crippen LogP contribution in [0.1, 0.15) is 39.5 Å². The third kappa shape index (κ3) is 2.21. The van der Waals surface area contributed by atoms with Gasteiger partial charge in [-0.25, -0.2) is 0 Å². The van der Waals surface area contributed by atoms with Crippen LogP contribution in [0.5, 0.6) is 0 Å². The molecule has 0 amide bonds. The quantitative estimate of drug-likeness (QED) is 0.523. The first-order valence-corrected chi connectivity index (χ1v) is 9.74. The van der Waals surface area contributed by atoms with Crippen molar-refractivity contribution in [2.24, 2.45) is 28.6 Å². The molecule has 148 valence electrons. The number of hydrogen-bond donors (Lipinski definition) is 4. The maximum atomic E-state index is 12.4. The van der Waals surface area contributed by atoms with Crippen molar-refractivity contribution in [1.29, 1.82) is 0 Å². The van der Waals surface area contributed by atoms with Crippen molar-refractivity contribution in [3.05, 3.63) is 23.8 Å². The molecular formula is C21H28O6. The van der Waals surface area contributed by atoms with E-state index in [1.54, 1.807) is 13.0 Å². The van der Waals surface area contributed by atoms with E-state index >= 15 is 0 Å². The number of Topliss-reactive ketones (excluding diaryl/α,β-unsaturated/α-hetero) is 1. The van der Waals surface area contributed by atoms with Crippen LogP contribution in [0.2, 0.25) is 0 Å². The van der Waals surface area contributed by atoms with E-state index < -0.39 is 41.0 Å². The summed E-state index contributed by atoms with van der Waals surface area (Å²) in [6.07, 6.45) is 4.94. The van der Waals surface area contributed by atoms with Crippen LogP contribution in [-0.4, -0.2) is 56.4 Å². The van der Waals surface area contributed by atoms with Gasteiger partial charge in [-0.2, -0.15) is 0 Å². The Balaban J connectivity index is 1.79. The zero-order valence-electron chi connectivity index (χ0n) is 15.8. The number of allylic oxidation sites excluding steroid dienone is 4. The fourth-order valence-electron chi connectivity index (χ4n) is 6.87. The second-order valence-electron chi connectivity index (χ2n) is 9.31. The molecule has 4 N–H and O–H groups in total. The first-order valence-electron chi connectivity index (χ1n) is 9.74. The van der Waals surface area contributed by atoms with Crippen LogP contribution in [-0.2, 0) is 9.59 Å². The standard InChI is InChI=1S/C21H28O6/c1-19-6-5-12(23)7-11(19)3-4-13-14-8-16(25)21(27,17(26)10-22)20(14,2)9-15(24)18(13)19/h3,5-6,13-16,18,22,24-25,27H,4,7-10H2,1-2H3/t13?,14?,15-,16+,18?,19-,20-,21-/m0/s1. The Morgan fingerprint density at radius 3 is 2.67 bits per heavy atom. The number of carbonyl (C=O) groups is 2. The second kappa shape index (κ2) is 5.83. The highest BCUT2D eigenvalue weighted by Crippen LogP contribution is 2.66. The highest BCUT2D eigenvalue weighted by Gasteiger charge is 2.71. The summed E-state index contributed by atoms with van der Waals surface area (Å²) in [4.78, 5) is 24.3. The van der Waals surface area contributed by atoms with E-state index in [0.29, 0.717) is 12.8 Å². The minimum Gasteiger partial charge on any atom is -0.393 e. The van der Waals surface area contributed by atoms with Gasteiger partial charge in [0.1, 0.15) is 6.61 Å². The molecule has 0 heterocycles. The predicted octanol–water partition coefficient (Wildman–Crippen LogP) is 0.528. The molecule has 4 aliphatic carbocycles. The number of fused-ring (bicyclic) bond motifs is 5. The molecule has 0 aromatic heterocycles. The Morgan fingerprint density at radius 2 is 2.00 bits per heavy atom. The molecule has 0 aliphatic heterocycles. The van der Waals surface area contributed by atoms with E-state index in [1.807, 2.05) is 13.0 Å². The van der Waals surface area contributed by atoms with E-state index in [1.165, 1.54) is 0 Å². The van der Waals surface area contributed by atoms with E-state index in [-0.39, 0.29) is 36.4 Å². The van der Waals surface area contributed by atoms with Crippen LogP contribution in [0, 0.1) is 28.6 Å². The van der Waals surface area contributed by atoms with Gasteiger partial charge in [0.2, 0.25) is 0 Å². The van der Waals surface area contributed by atoms with Crippen LogP contribution in [0.25, 0.3) is 0 Å². The summed E-state index contributed by atoms with van der Waals surface area (Å²) < 4.78 is 0. The number of aliphatic hydroxyl groups excluding tert-OH is 3. The van der Waals surface area contributed by atoms with Gasteiger partial charge in [-0.05, 0) is 37.2 Å². The molecule has 0 bridgehead atoms. The van der Waals surface area contributed by atoms with Crippen molar-refractivity contribution in [3.8, 4) is 0 Å². The van der Waals surface area contributed by atoms with E-state index in [4.69, 9.17) is 0 Å². The average molecular weight is 376 g/mol. The second-order valence-corrected chi connectivity index (χ2v) is 9.31. The van der Waals surface area contributed by atoms with Crippen LogP contribution in [0.3, 0.4) is 0 Å². The van der Waals surface area contributed by atoms with E-state index in [0.717, 1.165) is 5.57 Å². The molecule has 3 unspecified atom stereocenters. The van der Waals surface area contributed by atoms with Gasteiger partial charge in [0.05, 0.1) is 12.2 Å². The number of hydrogen-bond acceptors (Lipinski definition) is 6. The van der Waals surface area contributed by atoms with Crippen LogP contribution >= 0.6 is 0 Å². The fourth-order valence-corrected chi connectivity index (χ4v) is 6.87. The third-order valence-corrected chi connectivity index (χ3v) is 8.24. The SMILES string of the molecule is C[C@]12C=CC(=O)CC1=CCC1C2[C@@H](O)C[C@@]2(C)C1C[C@@H](O)[C@]2(O)C(=O)CO. The maximum absolute atomic E-state index is 12.4. The summed E-state index contributed by atoms with van der Waals surface area (Å²) in [5.41, 5.74) is -2.48. The highest BCUT2D eigenvalue weighted by atomic mass is 16.4. The lowest BCUT2D eigenvalue weighted by atomic mass is 9.47. The summed E-state index contributed by atoms with van der Waals surface area (Å²) in [6, 6.07) is 0. The maximum Gasteiger partial charge on any atom is 0.192 e. The summed E-state index contributed by atoms with van der Waals surface area (Å²) in [5, 5.41) is 42.3.